The van der Waals surface area contributed by atoms with Gasteiger partial charge in [-0.05, 0) is 76.6 Å². The number of benzene rings is 1. The SMILES string of the molecule is C=CC(N=C1N(C=C)CCCC1(C)C)=C(C)C.C=S(=C)(c1cc(F)ccc1CNC)N1CCCCCC1. The fraction of sp³-hybridized carbons (Fsp3) is 0.516. The maximum atomic E-state index is 13.7. The van der Waals surface area contributed by atoms with Crippen LogP contribution in [0.4, 0.5) is 4.39 Å². The summed E-state index contributed by atoms with van der Waals surface area (Å²) in [6, 6.07) is 5.01. The second kappa shape index (κ2) is 14.1. The van der Waals surface area contributed by atoms with Crippen molar-refractivity contribution in [3.8, 4) is 0 Å². The van der Waals surface area contributed by atoms with Crippen LogP contribution >= 0.6 is 9.39 Å². The molecule has 0 aromatic heterocycles. The number of aliphatic imine (C=N–C) groups is 1. The minimum absolute atomic E-state index is 0.107. The van der Waals surface area contributed by atoms with E-state index < -0.39 is 9.39 Å². The van der Waals surface area contributed by atoms with Crippen LogP contribution in [0.25, 0.3) is 0 Å². The van der Waals surface area contributed by atoms with E-state index in [1.165, 1.54) is 50.2 Å². The molecule has 2 saturated heterocycles. The van der Waals surface area contributed by atoms with Crippen molar-refractivity contribution in [3.63, 3.8) is 0 Å². The van der Waals surface area contributed by atoms with Gasteiger partial charge in [-0.3, -0.25) is 4.31 Å². The highest BCUT2D eigenvalue weighted by Crippen LogP contribution is 2.40. The number of amidine groups is 1. The molecule has 0 aliphatic carbocycles. The Morgan fingerprint density at radius 1 is 1.08 bits per heavy atom. The second-order valence-electron chi connectivity index (χ2n) is 10.9. The fourth-order valence-corrected chi connectivity index (χ4v) is 7.11. The lowest BCUT2D eigenvalue weighted by atomic mass is 9.82. The average Bonchev–Trinajstić information content (AvgIpc) is 3.14. The summed E-state index contributed by atoms with van der Waals surface area (Å²) in [6.45, 7) is 20.1. The van der Waals surface area contributed by atoms with Gasteiger partial charge in [0, 0.05) is 36.5 Å². The molecule has 0 saturated carbocycles. The fourth-order valence-electron chi connectivity index (χ4n) is 4.92. The summed E-state index contributed by atoms with van der Waals surface area (Å²) in [7, 11) is 0.298. The Morgan fingerprint density at radius 3 is 2.27 bits per heavy atom. The van der Waals surface area contributed by atoms with Crippen LogP contribution in [0.5, 0.6) is 0 Å². The van der Waals surface area contributed by atoms with Gasteiger partial charge in [-0.2, -0.15) is 0 Å². The van der Waals surface area contributed by atoms with Gasteiger partial charge in [0.15, 0.2) is 0 Å². The Kier molecular flexibility index (Phi) is 11.9. The van der Waals surface area contributed by atoms with Crippen LogP contribution < -0.4 is 5.32 Å². The molecule has 6 heteroatoms. The molecular formula is C31H49FN4S. The molecule has 1 N–H and O–H groups in total. The lowest BCUT2D eigenvalue weighted by Gasteiger charge is -2.39. The van der Waals surface area contributed by atoms with Crippen molar-refractivity contribution in [3.05, 3.63) is 66.3 Å². The lowest BCUT2D eigenvalue weighted by molar-refractivity contribution is 0.328. The predicted molar refractivity (Wildman–Crippen MR) is 165 cm³/mol. The van der Waals surface area contributed by atoms with Gasteiger partial charge in [0.1, 0.15) is 11.7 Å². The topological polar surface area (TPSA) is 30.9 Å². The number of hydrogen-bond donors (Lipinski definition) is 1. The zero-order valence-electron chi connectivity index (χ0n) is 23.9. The van der Waals surface area contributed by atoms with Crippen LogP contribution in [0, 0.1) is 11.2 Å². The van der Waals surface area contributed by atoms with E-state index in [0.717, 1.165) is 48.2 Å². The van der Waals surface area contributed by atoms with E-state index in [4.69, 9.17) is 4.99 Å². The summed E-state index contributed by atoms with van der Waals surface area (Å²) < 4.78 is 16.1. The van der Waals surface area contributed by atoms with Gasteiger partial charge in [-0.1, -0.05) is 63.2 Å². The highest BCUT2D eigenvalue weighted by Gasteiger charge is 2.32. The maximum Gasteiger partial charge on any atom is 0.124 e. The quantitative estimate of drug-likeness (QED) is 0.294. The van der Waals surface area contributed by atoms with Crippen molar-refractivity contribution in [2.75, 3.05) is 26.7 Å². The van der Waals surface area contributed by atoms with Crippen molar-refractivity contribution in [2.45, 2.75) is 77.7 Å². The second-order valence-corrected chi connectivity index (χ2v) is 13.5. The van der Waals surface area contributed by atoms with E-state index in [0.29, 0.717) is 0 Å². The van der Waals surface area contributed by atoms with Crippen molar-refractivity contribution in [1.82, 2.24) is 14.5 Å². The number of nitrogens with zero attached hydrogens (tertiary/aromatic N) is 3. The standard InChI is InChI=1S/C16H25FN2S.C15H24N2/c1-18-13-14-8-9-15(17)12-16(14)20(2,3)19-10-6-4-5-7-11-19;1-7-13(12(3)4)16-14-15(5,6)10-9-11-17(14)8-2/h8-9,12,18H,2-7,10-11,13H2,1H3;7-8H,1-2,9-11H2,3-6H3. The number of allylic oxidation sites excluding steroid dienone is 2. The van der Waals surface area contributed by atoms with Crippen molar-refractivity contribution in [1.29, 1.82) is 0 Å². The molecule has 37 heavy (non-hydrogen) atoms. The molecule has 2 aliphatic heterocycles. The van der Waals surface area contributed by atoms with Crippen LogP contribution in [0.15, 0.2) is 64.8 Å². The van der Waals surface area contributed by atoms with E-state index in [-0.39, 0.29) is 11.2 Å². The number of piperidine rings is 1. The normalized spacial score (nSPS) is 19.4. The molecule has 4 nitrogen and oxygen atoms in total. The summed E-state index contributed by atoms with van der Waals surface area (Å²) in [5, 5.41) is 3.15. The van der Waals surface area contributed by atoms with Gasteiger partial charge in [-0.15, -0.1) is 9.39 Å². The Morgan fingerprint density at radius 2 is 1.73 bits per heavy atom. The highest BCUT2D eigenvalue weighted by atomic mass is 32.2. The summed E-state index contributed by atoms with van der Waals surface area (Å²) in [5.74, 6) is 9.70. The Labute approximate surface area is 226 Å². The molecule has 0 spiro atoms. The summed E-state index contributed by atoms with van der Waals surface area (Å²) >= 11 is 0. The van der Waals surface area contributed by atoms with Crippen LogP contribution in [-0.4, -0.2) is 53.5 Å². The van der Waals surface area contributed by atoms with E-state index >= 15 is 0 Å². The molecule has 3 rings (SSSR count). The molecule has 2 aliphatic rings. The van der Waals surface area contributed by atoms with Gasteiger partial charge < -0.3 is 10.2 Å². The van der Waals surface area contributed by atoms with Crippen molar-refractivity contribution < 1.29 is 4.39 Å². The van der Waals surface area contributed by atoms with Crippen molar-refractivity contribution in [2.24, 2.45) is 10.4 Å². The van der Waals surface area contributed by atoms with Gasteiger partial charge in [-0.25, -0.2) is 9.38 Å². The largest absolute Gasteiger partial charge is 0.337 e. The third-order valence-electron chi connectivity index (χ3n) is 7.10. The van der Waals surface area contributed by atoms with Crippen LogP contribution in [0.2, 0.25) is 0 Å². The van der Waals surface area contributed by atoms with Crippen LogP contribution in [0.1, 0.15) is 71.8 Å². The first-order chi connectivity index (χ1) is 17.5. The molecule has 0 unspecified atom stereocenters. The first-order valence-corrected chi connectivity index (χ1v) is 15.4. The summed E-state index contributed by atoms with van der Waals surface area (Å²) in [5.41, 5.74) is 3.38. The molecule has 2 fully saturated rings. The lowest BCUT2D eigenvalue weighted by Crippen LogP contribution is -2.43. The molecule has 0 bridgehead atoms. The van der Waals surface area contributed by atoms with Crippen LogP contribution in [0.3, 0.4) is 0 Å². The monoisotopic (exact) mass is 528 g/mol. The van der Waals surface area contributed by atoms with Gasteiger partial charge in [0.2, 0.25) is 0 Å². The van der Waals surface area contributed by atoms with E-state index in [1.54, 1.807) is 6.07 Å². The Balaban J connectivity index is 0.000000264. The van der Waals surface area contributed by atoms with Crippen LogP contribution in [-0.2, 0) is 6.54 Å². The molecule has 2 heterocycles. The smallest absolute Gasteiger partial charge is 0.124 e. The highest BCUT2D eigenvalue weighted by molar-refractivity contribution is 8.25. The minimum atomic E-state index is -1.61. The zero-order valence-corrected chi connectivity index (χ0v) is 24.7. The molecule has 0 radical (unpaired) electrons. The third-order valence-corrected chi connectivity index (χ3v) is 9.65. The Bertz CT molecular complexity index is 1090. The van der Waals surface area contributed by atoms with Gasteiger partial charge in [0.25, 0.3) is 0 Å². The first kappa shape index (κ1) is 31.1. The first-order valence-electron chi connectivity index (χ1n) is 13.4. The van der Waals surface area contributed by atoms with E-state index in [1.807, 2.05) is 25.4 Å². The number of halogens is 1. The number of nitrogens with one attached hydrogen (secondary N) is 1. The summed E-state index contributed by atoms with van der Waals surface area (Å²) in [4.78, 5) is 7.93. The molecular weight excluding hydrogens is 479 g/mol. The van der Waals surface area contributed by atoms with Gasteiger partial charge >= 0.3 is 0 Å². The molecule has 1 aromatic carbocycles. The van der Waals surface area contributed by atoms with E-state index in [9.17, 15) is 4.39 Å². The molecule has 206 valence electrons. The number of likely N-dealkylation sites (tertiary alicyclic amines) is 1. The molecule has 1 aromatic rings. The number of rotatable bonds is 7. The molecule has 0 amide bonds. The third kappa shape index (κ3) is 8.42. The molecule has 0 atom stereocenters. The maximum absolute atomic E-state index is 13.7. The summed E-state index contributed by atoms with van der Waals surface area (Å²) in [6.07, 6.45) is 11.0. The van der Waals surface area contributed by atoms with Gasteiger partial charge in [0.05, 0.1) is 5.70 Å². The average molecular weight is 529 g/mol. The predicted octanol–water partition coefficient (Wildman–Crippen LogP) is 7.49. The van der Waals surface area contributed by atoms with E-state index in [2.05, 4.69) is 67.1 Å². The minimum Gasteiger partial charge on any atom is -0.337 e. The zero-order chi connectivity index (χ0) is 27.6. The number of hydrogen-bond acceptors (Lipinski definition) is 3. The Hall–Kier alpha value is -2.15. The van der Waals surface area contributed by atoms with Crippen molar-refractivity contribution >= 4 is 27.0 Å².